The molecule has 0 aliphatic rings. The van der Waals surface area contributed by atoms with Crippen molar-refractivity contribution in [3.05, 3.63) is 59.7 Å². The van der Waals surface area contributed by atoms with Crippen molar-refractivity contribution >= 4 is 22.7 Å². The molecule has 0 aliphatic carbocycles. The van der Waals surface area contributed by atoms with Gasteiger partial charge in [-0.05, 0) is 42.3 Å². The summed E-state index contributed by atoms with van der Waals surface area (Å²) in [6.45, 7) is 1.78. The maximum Gasteiger partial charge on any atom is 0.224 e. The van der Waals surface area contributed by atoms with Gasteiger partial charge in [0.15, 0.2) is 11.5 Å². The van der Waals surface area contributed by atoms with Crippen LogP contribution < -0.4 is 5.32 Å². The van der Waals surface area contributed by atoms with Crippen LogP contribution in [0, 0.1) is 12.7 Å². The summed E-state index contributed by atoms with van der Waals surface area (Å²) in [5.41, 5.74) is 2.87. The maximum atomic E-state index is 13.1. The Morgan fingerprint density at radius 1 is 1.27 bits per heavy atom. The number of fused-ring (bicyclic) bond motifs is 1. The molecule has 1 amide bonds. The van der Waals surface area contributed by atoms with Crippen LogP contribution in [0.25, 0.3) is 11.1 Å². The van der Waals surface area contributed by atoms with Gasteiger partial charge in [0.1, 0.15) is 11.3 Å². The monoisotopic (exact) mass is 298 g/mol. The molecule has 1 aromatic heterocycles. The number of nitrogens with zero attached hydrogens (tertiary/aromatic N) is 1. The van der Waals surface area contributed by atoms with E-state index in [2.05, 4.69) is 10.3 Å². The number of hydrogen-bond donors (Lipinski definition) is 1. The van der Waals surface area contributed by atoms with E-state index in [1.807, 2.05) is 0 Å². The van der Waals surface area contributed by atoms with Crippen LogP contribution in [-0.2, 0) is 11.2 Å². The first-order chi connectivity index (χ1) is 10.6. The van der Waals surface area contributed by atoms with Gasteiger partial charge in [-0.15, -0.1) is 0 Å². The summed E-state index contributed by atoms with van der Waals surface area (Å²) in [4.78, 5) is 16.2. The number of carbonyl (C=O) groups is 1. The zero-order valence-corrected chi connectivity index (χ0v) is 12.1. The molecular weight excluding hydrogens is 283 g/mol. The van der Waals surface area contributed by atoms with E-state index in [0.29, 0.717) is 35.5 Å². The molecule has 0 fully saturated rings. The van der Waals surface area contributed by atoms with Gasteiger partial charge < -0.3 is 9.73 Å². The molecule has 0 saturated carbocycles. The summed E-state index contributed by atoms with van der Waals surface area (Å²) >= 11 is 0. The highest BCUT2D eigenvalue weighted by Gasteiger charge is 2.07. The summed E-state index contributed by atoms with van der Waals surface area (Å²) in [6.07, 6.45) is 0.786. The number of amides is 1. The topological polar surface area (TPSA) is 55.1 Å². The lowest BCUT2D eigenvalue weighted by atomic mass is 10.1. The number of anilines is 1. The first kappa shape index (κ1) is 14.3. The van der Waals surface area contributed by atoms with Crippen molar-refractivity contribution < 1.29 is 13.6 Å². The van der Waals surface area contributed by atoms with Gasteiger partial charge in [0.25, 0.3) is 0 Å². The minimum Gasteiger partial charge on any atom is -0.441 e. The molecule has 0 aliphatic heterocycles. The Balaban J connectivity index is 1.62. The van der Waals surface area contributed by atoms with E-state index in [1.54, 1.807) is 37.3 Å². The van der Waals surface area contributed by atoms with Gasteiger partial charge in [0.05, 0.1) is 0 Å². The number of nitrogens with one attached hydrogen (secondary N) is 1. The Labute approximate surface area is 127 Å². The second-order valence-electron chi connectivity index (χ2n) is 5.09. The fourth-order valence-electron chi connectivity index (χ4n) is 2.29. The zero-order valence-electron chi connectivity index (χ0n) is 12.1. The second kappa shape index (κ2) is 5.97. The van der Waals surface area contributed by atoms with Crippen molar-refractivity contribution in [3.63, 3.8) is 0 Å². The SMILES string of the molecule is Cc1nc2cc(NC(=O)CCc3cccc(F)c3)ccc2o1. The predicted molar refractivity (Wildman–Crippen MR) is 82.1 cm³/mol. The molecule has 1 N–H and O–H groups in total. The number of hydrogen-bond acceptors (Lipinski definition) is 3. The van der Waals surface area contributed by atoms with Crippen LogP contribution in [0.5, 0.6) is 0 Å². The first-order valence-corrected chi connectivity index (χ1v) is 7.02. The maximum absolute atomic E-state index is 13.1. The lowest BCUT2D eigenvalue weighted by molar-refractivity contribution is -0.116. The van der Waals surface area contributed by atoms with E-state index in [0.717, 1.165) is 5.56 Å². The van der Waals surface area contributed by atoms with E-state index >= 15 is 0 Å². The molecule has 3 rings (SSSR count). The van der Waals surface area contributed by atoms with Gasteiger partial charge in [-0.25, -0.2) is 9.37 Å². The first-order valence-electron chi connectivity index (χ1n) is 7.02. The fraction of sp³-hybridized carbons (Fsp3) is 0.176. The highest BCUT2D eigenvalue weighted by molar-refractivity contribution is 5.92. The lowest BCUT2D eigenvalue weighted by Crippen LogP contribution is -2.12. The van der Waals surface area contributed by atoms with Gasteiger partial charge in [0, 0.05) is 19.0 Å². The third-order valence-corrected chi connectivity index (χ3v) is 3.31. The van der Waals surface area contributed by atoms with Crippen molar-refractivity contribution in [1.29, 1.82) is 0 Å². The summed E-state index contributed by atoms with van der Waals surface area (Å²) in [7, 11) is 0. The van der Waals surface area contributed by atoms with Gasteiger partial charge in [-0.3, -0.25) is 4.79 Å². The molecule has 5 heteroatoms. The van der Waals surface area contributed by atoms with Crippen LogP contribution in [-0.4, -0.2) is 10.9 Å². The normalized spacial score (nSPS) is 10.8. The molecule has 0 radical (unpaired) electrons. The molecule has 112 valence electrons. The quantitative estimate of drug-likeness (QED) is 0.796. The second-order valence-corrected chi connectivity index (χ2v) is 5.09. The summed E-state index contributed by atoms with van der Waals surface area (Å²) in [6, 6.07) is 11.6. The van der Waals surface area contributed by atoms with E-state index in [-0.39, 0.29) is 11.7 Å². The Morgan fingerprint density at radius 2 is 2.14 bits per heavy atom. The molecule has 1 heterocycles. The summed E-state index contributed by atoms with van der Waals surface area (Å²) in [5.74, 6) is 0.179. The van der Waals surface area contributed by atoms with Crippen molar-refractivity contribution in [2.45, 2.75) is 19.8 Å². The van der Waals surface area contributed by atoms with Crippen LogP contribution in [0.4, 0.5) is 10.1 Å². The van der Waals surface area contributed by atoms with E-state index in [1.165, 1.54) is 12.1 Å². The predicted octanol–water partition coefficient (Wildman–Crippen LogP) is 3.85. The number of aromatic nitrogens is 1. The zero-order chi connectivity index (χ0) is 15.5. The third kappa shape index (κ3) is 3.31. The largest absolute Gasteiger partial charge is 0.441 e. The highest BCUT2D eigenvalue weighted by atomic mass is 19.1. The number of aryl methyl sites for hydroxylation is 2. The van der Waals surface area contributed by atoms with Crippen LogP contribution in [0.2, 0.25) is 0 Å². The molecular formula is C17H15FN2O2. The number of oxazole rings is 1. The van der Waals surface area contributed by atoms with Crippen molar-refractivity contribution in [2.75, 3.05) is 5.32 Å². The van der Waals surface area contributed by atoms with E-state index in [9.17, 15) is 9.18 Å². The number of halogens is 1. The summed E-state index contributed by atoms with van der Waals surface area (Å²) < 4.78 is 18.5. The molecule has 0 saturated heterocycles. The van der Waals surface area contributed by atoms with Crippen LogP contribution in [0.15, 0.2) is 46.9 Å². The Morgan fingerprint density at radius 3 is 2.95 bits per heavy atom. The Kier molecular flexibility index (Phi) is 3.87. The minimum atomic E-state index is -0.287. The van der Waals surface area contributed by atoms with Crippen molar-refractivity contribution in [3.8, 4) is 0 Å². The molecule has 3 aromatic rings. The molecule has 2 aromatic carbocycles. The third-order valence-electron chi connectivity index (χ3n) is 3.31. The molecule has 0 unspecified atom stereocenters. The molecule has 22 heavy (non-hydrogen) atoms. The minimum absolute atomic E-state index is 0.121. The van der Waals surface area contributed by atoms with Gasteiger partial charge in [0.2, 0.25) is 5.91 Å². The number of carbonyl (C=O) groups excluding carboxylic acids is 1. The van der Waals surface area contributed by atoms with Crippen molar-refractivity contribution in [1.82, 2.24) is 4.98 Å². The van der Waals surface area contributed by atoms with Crippen LogP contribution >= 0.6 is 0 Å². The average Bonchev–Trinajstić information content (AvgIpc) is 2.84. The number of benzene rings is 2. The summed E-state index contributed by atoms with van der Waals surface area (Å²) in [5, 5.41) is 2.81. The van der Waals surface area contributed by atoms with E-state index < -0.39 is 0 Å². The van der Waals surface area contributed by atoms with Gasteiger partial charge >= 0.3 is 0 Å². The molecule has 4 nitrogen and oxygen atoms in total. The van der Waals surface area contributed by atoms with Gasteiger partial charge in [-0.1, -0.05) is 12.1 Å². The average molecular weight is 298 g/mol. The molecule has 0 atom stereocenters. The van der Waals surface area contributed by atoms with Crippen LogP contribution in [0.3, 0.4) is 0 Å². The molecule has 0 bridgehead atoms. The van der Waals surface area contributed by atoms with Gasteiger partial charge in [-0.2, -0.15) is 0 Å². The Bertz CT molecular complexity index is 826. The van der Waals surface area contributed by atoms with E-state index in [4.69, 9.17) is 4.42 Å². The standard InChI is InChI=1S/C17H15FN2O2/c1-11-19-15-10-14(6-7-16(15)22-11)20-17(21)8-5-12-3-2-4-13(18)9-12/h2-4,6-7,9-10H,5,8H2,1H3,(H,20,21). The van der Waals surface area contributed by atoms with Crippen molar-refractivity contribution in [2.24, 2.45) is 0 Å². The fourth-order valence-corrected chi connectivity index (χ4v) is 2.29. The van der Waals surface area contributed by atoms with Crippen LogP contribution in [0.1, 0.15) is 17.9 Å². The lowest BCUT2D eigenvalue weighted by Gasteiger charge is -2.05. The number of rotatable bonds is 4. The smallest absolute Gasteiger partial charge is 0.224 e. The Hall–Kier alpha value is -2.69. The highest BCUT2D eigenvalue weighted by Crippen LogP contribution is 2.20. The molecule has 0 spiro atoms.